The van der Waals surface area contributed by atoms with Gasteiger partial charge in [0.1, 0.15) is 0 Å². The summed E-state index contributed by atoms with van der Waals surface area (Å²) in [4.78, 5) is 7.92. The van der Waals surface area contributed by atoms with E-state index in [9.17, 15) is 0 Å². The Kier molecular flexibility index (Phi) is 2.75. The molecule has 0 amide bonds. The summed E-state index contributed by atoms with van der Waals surface area (Å²) < 4.78 is 0. The highest BCUT2D eigenvalue weighted by molar-refractivity contribution is 5.77. The second kappa shape index (κ2) is 4.40. The first-order valence-corrected chi connectivity index (χ1v) is 6.54. The van der Waals surface area contributed by atoms with Gasteiger partial charge < -0.3 is 10.3 Å². The molecule has 1 saturated carbocycles. The highest BCUT2D eigenvalue weighted by Gasteiger charge is 2.21. The second-order valence-electron chi connectivity index (χ2n) is 5.12. The Morgan fingerprint density at radius 2 is 2.06 bits per heavy atom. The molecule has 1 fully saturated rings. The molecule has 3 rings (SSSR count). The van der Waals surface area contributed by atoms with Gasteiger partial charge in [0, 0.05) is 6.04 Å². The molecule has 90 valence electrons. The van der Waals surface area contributed by atoms with Crippen molar-refractivity contribution in [2.45, 2.75) is 38.6 Å². The molecule has 3 nitrogen and oxygen atoms in total. The van der Waals surface area contributed by atoms with E-state index in [-0.39, 0.29) is 0 Å². The molecule has 2 atom stereocenters. The number of para-hydroxylation sites is 2. The Bertz CT molecular complexity index is 470. The van der Waals surface area contributed by atoms with E-state index in [1.54, 1.807) is 0 Å². The zero-order valence-corrected chi connectivity index (χ0v) is 10.2. The Balaban J connectivity index is 1.79. The van der Waals surface area contributed by atoms with E-state index in [1.807, 2.05) is 18.2 Å². The SMILES string of the molecule is C[C@H]1CCCC[C@@H]1Nc1nc2ccccc2[nH]1. The molecule has 0 saturated heterocycles. The van der Waals surface area contributed by atoms with Crippen molar-refractivity contribution in [2.24, 2.45) is 5.92 Å². The summed E-state index contributed by atoms with van der Waals surface area (Å²) >= 11 is 0. The van der Waals surface area contributed by atoms with Crippen molar-refractivity contribution in [3.05, 3.63) is 24.3 Å². The molecule has 0 aliphatic heterocycles. The van der Waals surface area contributed by atoms with Gasteiger partial charge in [-0.25, -0.2) is 4.98 Å². The number of benzene rings is 1. The van der Waals surface area contributed by atoms with E-state index in [0.29, 0.717) is 6.04 Å². The van der Waals surface area contributed by atoms with Crippen molar-refractivity contribution in [1.82, 2.24) is 9.97 Å². The number of nitrogens with one attached hydrogen (secondary N) is 2. The minimum absolute atomic E-state index is 0.573. The van der Waals surface area contributed by atoms with Crippen molar-refractivity contribution < 1.29 is 0 Å². The largest absolute Gasteiger partial charge is 0.353 e. The standard InChI is InChI=1S/C14H19N3/c1-10-6-2-3-7-11(10)15-14-16-12-8-4-5-9-13(12)17-14/h4-5,8-11H,2-3,6-7H2,1H3,(H2,15,16,17)/t10-,11-/m0/s1. The van der Waals surface area contributed by atoms with Crippen LogP contribution < -0.4 is 5.32 Å². The Morgan fingerprint density at radius 1 is 1.24 bits per heavy atom. The Morgan fingerprint density at radius 3 is 2.88 bits per heavy atom. The number of H-pyrrole nitrogens is 1. The van der Waals surface area contributed by atoms with Crippen LogP contribution in [0.3, 0.4) is 0 Å². The summed E-state index contributed by atoms with van der Waals surface area (Å²) in [6.07, 6.45) is 5.30. The van der Waals surface area contributed by atoms with Gasteiger partial charge in [-0.15, -0.1) is 0 Å². The molecular formula is C14H19N3. The lowest BCUT2D eigenvalue weighted by Crippen LogP contribution is -2.30. The molecule has 1 heterocycles. The zero-order valence-electron chi connectivity index (χ0n) is 10.2. The first kappa shape index (κ1) is 10.6. The number of hydrogen-bond acceptors (Lipinski definition) is 2. The third-order valence-electron chi connectivity index (χ3n) is 3.82. The lowest BCUT2D eigenvalue weighted by atomic mass is 9.86. The molecule has 17 heavy (non-hydrogen) atoms. The summed E-state index contributed by atoms with van der Waals surface area (Å²) in [5, 5.41) is 3.55. The topological polar surface area (TPSA) is 40.7 Å². The van der Waals surface area contributed by atoms with Crippen LogP contribution in [0.4, 0.5) is 5.95 Å². The minimum Gasteiger partial charge on any atom is -0.353 e. The van der Waals surface area contributed by atoms with Gasteiger partial charge in [0.05, 0.1) is 11.0 Å². The molecule has 1 aliphatic rings. The van der Waals surface area contributed by atoms with Crippen molar-refractivity contribution in [3.63, 3.8) is 0 Å². The maximum atomic E-state index is 4.57. The molecule has 2 N–H and O–H groups in total. The normalized spacial score (nSPS) is 25.0. The van der Waals surface area contributed by atoms with Crippen molar-refractivity contribution in [3.8, 4) is 0 Å². The molecule has 2 aromatic rings. The molecule has 1 aromatic heterocycles. The van der Waals surface area contributed by atoms with Crippen LogP contribution >= 0.6 is 0 Å². The average Bonchev–Trinajstić information content (AvgIpc) is 2.74. The summed E-state index contributed by atoms with van der Waals surface area (Å²) in [6, 6.07) is 8.74. The highest BCUT2D eigenvalue weighted by atomic mass is 15.1. The van der Waals surface area contributed by atoms with Crippen LogP contribution in [0.5, 0.6) is 0 Å². The van der Waals surface area contributed by atoms with Gasteiger partial charge in [-0.2, -0.15) is 0 Å². The van der Waals surface area contributed by atoms with E-state index >= 15 is 0 Å². The molecule has 1 aromatic carbocycles. The highest BCUT2D eigenvalue weighted by Crippen LogP contribution is 2.26. The van der Waals surface area contributed by atoms with Gasteiger partial charge in [0.15, 0.2) is 0 Å². The molecule has 0 radical (unpaired) electrons. The predicted octanol–water partition coefficient (Wildman–Crippen LogP) is 3.55. The van der Waals surface area contributed by atoms with Crippen LogP contribution in [0.25, 0.3) is 11.0 Å². The van der Waals surface area contributed by atoms with E-state index in [0.717, 1.165) is 22.9 Å². The number of rotatable bonds is 2. The number of aromatic amines is 1. The third-order valence-corrected chi connectivity index (χ3v) is 3.82. The first-order chi connectivity index (χ1) is 8.33. The number of nitrogens with zero attached hydrogens (tertiary/aromatic N) is 1. The molecule has 0 spiro atoms. The monoisotopic (exact) mass is 229 g/mol. The third kappa shape index (κ3) is 2.14. The van der Waals surface area contributed by atoms with Crippen LogP contribution in [0, 0.1) is 5.92 Å². The number of imidazole rings is 1. The van der Waals surface area contributed by atoms with Gasteiger partial charge in [-0.1, -0.05) is 31.9 Å². The fraction of sp³-hybridized carbons (Fsp3) is 0.500. The van der Waals surface area contributed by atoms with Gasteiger partial charge in [-0.05, 0) is 30.9 Å². The fourth-order valence-corrected chi connectivity index (χ4v) is 2.73. The molecule has 1 aliphatic carbocycles. The van der Waals surface area contributed by atoms with Crippen LogP contribution in [-0.4, -0.2) is 16.0 Å². The van der Waals surface area contributed by atoms with Crippen LogP contribution in [0.1, 0.15) is 32.6 Å². The number of anilines is 1. The average molecular weight is 229 g/mol. The second-order valence-corrected chi connectivity index (χ2v) is 5.12. The van der Waals surface area contributed by atoms with Gasteiger partial charge in [-0.3, -0.25) is 0 Å². The summed E-state index contributed by atoms with van der Waals surface area (Å²) in [5.41, 5.74) is 2.15. The Labute approximate surface area is 102 Å². The lowest BCUT2D eigenvalue weighted by Gasteiger charge is -2.29. The lowest BCUT2D eigenvalue weighted by molar-refractivity contribution is 0.348. The van der Waals surface area contributed by atoms with Crippen molar-refractivity contribution in [2.75, 3.05) is 5.32 Å². The first-order valence-electron chi connectivity index (χ1n) is 6.54. The predicted molar refractivity (Wildman–Crippen MR) is 71.1 cm³/mol. The van der Waals surface area contributed by atoms with Gasteiger partial charge in [0.2, 0.25) is 5.95 Å². The van der Waals surface area contributed by atoms with E-state index in [4.69, 9.17) is 0 Å². The summed E-state index contributed by atoms with van der Waals surface area (Å²) in [5.74, 6) is 1.67. The smallest absolute Gasteiger partial charge is 0.201 e. The number of hydrogen-bond donors (Lipinski definition) is 2. The minimum atomic E-state index is 0.573. The van der Waals surface area contributed by atoms with E-state index in [1.165, 1.54) is 25.7 Å². The Hall–Kier alpha value is -1.51. The zero-order chi connectivity index (χ0) is 11.7. The van der Waals surface area contributed by atoms with Crippen LogP contribution in [0.2, 0.25) is 0 Å². The fourth-order valence-electron chi connectivity index (χ4n) is 2.73. The van der Waals surface area contributed by atoms with Crippen LogP contribution in [-0.2, 0) is 0 Å². The number of fused-ring (bicyclic) bond motifs is 1. The van der Waals surface area contributed by atoms with E-state index in [2.05, 4.69) is 28.3 Å². The maximum Gasteiger partial charge on any atom is 0.201 e. The molecular weight excluding hydrogens is 210 g/mol. The maximum absolute atomic E-state index is 4.57. The molecule has 3 heteroatoms. The molecule has 0 bridgehead atoms. The van der Waals surface area contributed by atoms with E-state index < -0.39 is 0 Å². The summed E-state index contributed by atoms with van der Waals surface area (Å²) in [7, 11) is 0. The van der Waals surface area contributed by atoms with Crippen molar-refractivity contribution in [1.29, 1.82) is 0 Å². The van der Waals surface area contributed by atoms with Gasteiger partial charge in [0.25, 0.3) is 0 Å². The summed E-state index contributed by atoms with van der Waals surface area (Å²) in [6.45, 7) is 2.33. The molecule has 0 unspecified atom stereocenters. The van der Waals surface area contributed by atoms with Gasteiger partial charge >= 0.3 is 0 Å². The quantitative estimate of drug-likeness (QED) is 0.826. The van der Waals surface area contributed by atoms with Crippen molar-refractivity contribution >= 4 is 17.0 Å². The number of aromatic nitrogens is 2. The van der Waals surface area contributed by atoms with Crippen LogP contribution in [0.15, 0.2) is 24.3 Å².